The Bertz CT molecular complexity index is 1390. The van der Waals surface area contributed by atoms with Gasteiger partial charge >= 0.3 is 0 Å². The Morgan fingerprint density at radius 3 is 2.71 bits per heavy atom. The molecule has 0 atom stereocenters. The first-order valence-electron chi connectivity index (χ1n) is 9.00. The van der Waals surface area contributed by atoms with E-state index in [4.69, 9.17) is 0 Å². The van der Waals surface area contributed by atoms with Gasteiger partial charge in [-0.05, 0) is 30.7 Å². The van der Waals surface area contributed by atoms with Gasteiger partial charge in [-0.15, -0.1) is 0 Å². The Hall–Kier alpha value is -3.74. The SMILES string of the molecule is Cc1ccc2nc(Cn3ccc4c(-c5ccn(C)n5)cncc4c3=O)cn2c1. The molecule has 0 aromatic carbocycles. The van der Waals surface area contributed by atoms with E-state index in [1.807, 2.05) is 67.4 Å². The lowest BCUT2D eigenvalue weighted by molar-refractivity contribution is 0.751. The second kappa shape index (κ2) is 6.16. The van der Waals surface area contributed by atoms with Gasteiger partial charge < -0.3 is 8.97 Å². The lowest BCUT2D eigenvalue weighted by atomic mass is 10.1. The number of hydrogen-bond acceptors (Lipinski definition) is 4. The molecule has 0 aliphatic carbocycles. The minimum Gasteiger partial charge on any atom is -0.309 e. The van der Waals surface area contributed by atoms with Crippen molar-refractivity contribution in [2.45, 2.75) is 13.5 Å². The highest BCUT2D eigenvalue weighted by Crippen LogP contribution is 2.24. The minimum atomic E-state index is -0.0870. The van der Waals surface area contributed by atoms with Crippen molar-refractivity contribution in [1.29, 1.82) is 0 Å². The van der Waals surface area contributed by atoms with Crippen LogP contribution in [0.3, 0.4) is 0 Å². The molecular formula is C21H18N6O. The summed E-state index contributed by atoms with van der Waals surface area (Å²) in [7, 11) is 1.87. The summed E-state index contributed by atoms with van der Waals surface area (Å²) in [5.41, 5.74) is 4.43. The fourth-order valence-electron chi connectivity index (χ4n) is 3.50. The molecule has 0 fully saturated rings. The molecule has 5 heterocycles. The molecule has 7 heteroatoms. The first kappa shape index (κ1) is 16.4. The highest BCUT2D eigenvalue weighted by Gasteiger charge is 2.12. The predicted molar refractivity (Wildman–Crippen MR) is 107 cm³/mol. The predicted octanol–water partition coefficient (Wildman–Crippen LogP) is 2.80. The van der Waals surface area contributed by atoms with E-state index in [1.54, 1.807) is 21.6 Å². The van der Waals surface area contributed by atoms with Gasteiger partial charge in [0, 0.05) is 55.2 Å². The van der Waals surface area contributed by atoms with Gasteiger partial charge in [0.2, 0.25) is 0 Å². The summed E-state index contributed by atoms with van der Waals surface area (Å²) in [4.78, 5) is 21.9. The van der Waals surface area contributed by atoms with Gasteiger partial charge in [-0.25, -0.2) is 4.98 Å². The number of rotatable bonds is 3. The maximum absolute atomic E-state index is 13.1. The van der Waals surface area contributed by atoms with Crippen molar-refractivity contribution in [3.05, 3.63) is 83.1 Å². The molecule has 0 amide bonds. The molecular weight excluding hydrogens is 352 g/mol. The first-order valence-corrected chi connectivity index (χ1v) is 9.00. The lowest BCUT2D eigenvalue weighted by Crippen LogP contribution is -2.20. The van der Waals surface area contributed by atoms with Crippen molar-refractivity contribution in [2.24, 2.45) is 7.05 Å². The van der Waals surface area contributed by atoms with Gasteiger partial charge in [0.15, 0.2) is 0 Å². The van der Waals surface area contributed by atoms with Crippen molar-refractivity contribution in [1.82, 2.24) is 28.7 Å². The number of hydrogen-bond donors (Lipinski definition) is 0. The smallest absolute Gasteiger partial charge is 0.260 e. The summed E-state index contributed by atoms with van der Waals surface area (Å²) in [5, 5.41) is 5.86. The maximum Gasteiger partial charge on any atom is 0.260 e. The molecule has 138 valence electrons. The van der Waals surface area contributed by atoms with E-state index in [2.05, 4.69) is 15.1 Å². The zero-order valence-electron chi connectivity index (χ0n) is 15.6. The monoisotopic (exact) mass is 370 g/mol. The van der Waals surface area contributed by atoms with Crippen LogP contribution in [0.25, 0.3) is 27.7 Å². The standard InChI is InChI=1S/C21H18N6O/c1-14-3-4-20-23-15(13-27(20)11-14)12-26-8-5-16-17(19-6-7-25(2)24-19)9-22-10-18(16)21(26)28/h3-11,13H,12H2,1-2H3. The van der Waals surface area contributed by atoms with Gasteiger partial charge in [-0.1, -0.05) is 6.07 Å². The average Bonchev–Trinajstić information content (AvgIpc) is 3.29. The normalized spacial score (nSPS) is 11.5. The van der Waals surface area contributed by atoms with Gasteiger partial charge in [0.05, 0.1) is 23.3 Å². The summed E-state index contributed by atoms with van der Waals surface area (Å²) < 4.78 is 5.39. The number of pyridine rings is 3. The third kappa shape index (κ3) is 2.68. The third-order valence-electron chi connectivity index (χ3n) is 4.87. The van der Waals surface area contributed by atoms with Crippen molar-refractivity contribution in [3.8, 4) is 11.3 Å². The number of aromatic nitrogens is 6. The lowest BCUT2D eigenvalue weighted by Gasteiger charge is -2.07. The Morgan fingerprint density at radius 2 is 1.89 bits per heavy atom. The van der Waals surface area contributed by atoms with Crippen LogP contribution < -0.4 is 5.56 Å². The van der Waals surface area contributed by atoms with Crippen LogP contribution >= 0.6 is 0 Å². The molecule has 0 saturated heterocycles. The fourth-order valence-corrected chi connectivity index (χ4v) is 3.50. The number of nitrogens with zero attached hydrogens (tertiary/aromatic N) is 6. The molecule has 7 nitrogen and oxygen atoms in total. The van der Waals surface area contributed by atoms with Crippen LogP contribution in [0, 0.1) is 6.92 Å². The highest BCUT2D eigenvalue weighted by atomic mass is 16.1. The molecule has 0 spiro atoms. The quantitative estimate of drug-likeness (QED) is 0.490. The van der Waals surface area contributed by atoms with Crippen molar-refractivity contribution in [3.63, 3.8) is 0 Å². The largest absolute Gasteiger partial charge is 0.309 e. The zero-order chi connectivity index (χ0) is 19.3. The second-order valence-corrected chi connectivity index (χ2v) is 6.98. The van der Waals surface area contributed by atoms with Crippen LogP contribution in [0.5, 0.6) is 0 Å². The average molecular weight is 370 g/mol. The van der Waals surface area contributed by atoms with E-state index < -0.39 is 0 Å². The Labute approximate surface area is 160 Å². The first-order chi connectivity index (χ1) is 13.6. The van der Waals surface area contributed by atoms with Crippen LogP contribution in [0.15, 0.2) is 66.2 Å². The summed E-state index contributed by atoms with van der Waals surface area (Å²) in [5.74, 6) is 0. The van der Waals surface area contributed by atoms with Crippen LogP contribution in [0.1, 0.15) is 11.3 Å². The number of imidazole rings is 1. The molecule has 5 aromatic heterocycles. The molecule has 5 aromatic rings. The molecule has 0 aliphatic rings. The summed E-state index contributed by atoms with van der Waals surface area (Å²) in [6.07, 6.45) is 11.0. The molecule has 0 N–H and O–H groups in total. The van der Waals surface area contributed by atoms with Crippen LogP contribution in [0.4, 0.5) is 0 Å². The molecule has 28 heavy (non-hydrogen) atoms. The molecule has 0 unspecified atom stereocenters. The van der Waals surface area contributed by atoms with Crippen LogP contribution in [-0.4, -0.2) is 28.7 Å². The molecule has 5 rings (SSSR count). The molecule has 0 bridgehead atoms. The van der Waals surface area contributed by atoms with Crippen LogP contribution in [0.2, 0.25) is 0 Å². The Kier molecular flexibility index (Phi) is 3.61. The van der Waals surface area contributed by atoms with E-state index >= 15 is 0 Å². The van der Waals surface area contributed by atoms with E-state index in [0.29, 0.717) is 11.9 Å². The summed E-state index contributed by atoms with van der Waals surface area (Å²) in [6.45, 7) is 2.45. The summed E-state index contributed by atoms with van der Waals surface area (Å²) in [6, 6.07) is 7.87. The fraction of sp³-hybridized carbons (Fsp3) is 0.143. The number of aryl methyl sites for hydroxylation is 2. The van der Waals surface area contributed by atoms with E-state index in [9.17, 15) is 4.79 Å². The van der Waals surface area contributed by atoms with E-state index in [0.717, 1.165) is 33.5 Å². The van der Waals surface area contributed by atoms with Gasteiger partial charge in [-0.3, -0.25) is 14.5 Å². The minimum absolute atomic E-state index is 0.0870. The molecule has 0 radical (unpaired) electrons. The third-order valence-corrected chi connectivity index (χ3v) is 4.87. The zero-order valence-corrected chi connectivity index (χ0v) is 15.6. The van der Waals surface area contributed by atoms with Gasteiger partial charge in [-0.2, -0.15) is 5.10 Å². The van der Waals surface area contributed by atoms with Crippen molar-refractivity contribution < 1.29 is 0 Å². The topological polar surface area (TPSA) is 70.0 Å². The van der Waals surface area contributed by atoms with Gasteiger partial charge in [0.25, 0.3) is 5.56 Å². The van der Waals surface area contributed by atoms with Crippen molar-refractivity contribution in [2.75, 3.05) is 0 Å². The number of fused-ring (bicyclic) bond motifs is 2. The Morgan fingerprint density at radius 1 is 1.00 bits per heavy atom. The molecule has 0 saturated carbocycles. The van der Waals surface area contributed by atoms with E-state index in [1.165, 1.54) is 0 Å². The van der Waals surface area contributed by atoms with Gasteiger partial charge in [0.1, 0.15) is 5.65 Å². The summed E-state index contributed by atoms with van der Waals surface area (Å²) >= 11 is 0. The van der Waals surface area contributed by atoms with Crippen LogP contribution in [-0.2, 0) is 13.6 Å². The van der Waals surface area contributed by atoms with Crippen molar-refractivity contribution >= 4 is 16.4 Å². The maximum atomic E-state index is 13.1. The van der Waals surface area contributed by atoms with E-state index in [-0.39, 0.29) is 5.56 Å². The Balaban J connectivity index is 1.59. The highest BCUT2D eigenvalue weighted by molar-refractivity contribution is 5.94. The molecule has 0 aliphatic heterocycles. The second-order valence-electron chi connectivity index (χ2n) is 6.98.